The third kappa shape index (κ3) is 3.97. The maximum atomic E-state index is 12.8. The summed E-state index contributed by atoms with van der Waals surface area (Å²) >= 11 is 0. The van der Waals surface area contributed by atoms with E-state index < -0.39 is 15.9 Å². The van der Waals surface area contributed by atoms with Crippen molar-refractivity contribution in [3.05, 3.63) is 60.4 Å². The standard InChI is InChI=1S/C21H17N3O7S/c25-21(23-14-1-3-18-19(8-14)31-12-30-18)13-7-15(11-22-10-13)24-32(26,27)16-2-4-17-20(9-16)29-6-5-28-17/h1-4,7-11,24H,5-6,12H2,(H,23,25). The number of nitrogens with one attached hydrogen (secondary N) is 2. The van der Waals surface area contributed by atoms with Gasteiger partial charge in [-0.3, -0.25) is 14.5 Å². The van der Waals surface area contributed by atoms with Crippen molar-refractivity contribution in [2.24, 2.45) is 0 Å². The number of ether oxygens (including phenoxy) is 4. The molecule has 32 heavy (non-hydrogen) atoms. The molecule has 3 heterocycles. The number of benzene rings is 2. The molecule has 0 saturated heterocycles. The van der Waals surface area contributed by atoms with Crippen LogP contribution >= 0.6 is 0 Å². The summed E-state index contributed by atoms with van der Waals surface area (Å²) in [6.45, 7) is 0.876. The van der Waals surface area contributed by atoms with Crippen molar-refractivity contribution in [2.45, 2.75) is 4.90 Å². The van der Waals surface area contributed by atoms with Gasteiger partial charge in [-0.2, -0.15) is 0 Å². The van der Waals surface area contributed by atoms with Gasteiger partial charge in [0.1, 0.15) is 13.2 Å². The second-order valence-corrected chi connectivity index (χ2v) is 8.58. The van der Waals surface area contributed by atoms with Crippen LogP contribution in [0.3, 0.4) is 0 Å². The van der Waals surface area contributed by atoms with Gasteiger partial charge < -0.3 is 24.3 Å². The Hall–Kier alpha value is -3.99. The molecule has 0 bridgehead atoms. The molecular weight excluding hydrogens is 438 g/mol. The second kappa shape index (κ2) is 7.93. The minimum absolute atomic E-state index is 0.00281. The van der Waals surface area contributed by atoms with Crippen LogP contribution in [0.1, 0.15) is 10.4 Å². The number of aromatic nitrogens is 1. The molecular formula is C21H17N3O7S. The number of nitrogens with zero attached hydrogens (tertiary/aromatic N) is 1. The van der Waals surface area contributed by atoms with E-state index in [1.807, 2.05) is 0 Å². The maximum absolute atomic E-state index is 12.8. The Bertz CT molecular complexity index is 1310. The Balaban J connectivity index is 1.33. The van der Waals surface area contributed by atoms with E-state index in [0.29, 0.717) is 41.9 Å². The third-order valence-electron chi connectivity index (χ3n) is 4.71. The molecule has 1 amide bonds. The summed E-state index contributed by atoms with van der Waals surface area (Å²) in [7, 11) is -3.94. The smallest absolute Gasteiger partial charge is 0.262 e. The summed E-state index contributed by atoms with van der Waals surface area (Å²) in [4.78, 5) is 16.6. The highest BCUT2D eigenvalue weighted by atomic mass is 32.2. The number of sulfonamides is 1. The molecule has 0 radical (unpaired) electrons. The molecule has 1 aromatic heterocycles. The van der Waals surface area contributed by atoms with Crippen molar-refractivity contribution in [2.75, 3.05) is 30.0 Å². The van der Waals surface area contributed by atoms with Gasteiger partial charge in [-0.1, -0.05) is 0 Å². The van der Waals surface area contributed by atoms with Gasteiger partial charge >= 0.3 is 0 Å². The van der Waals surface area contributed by atoms with Crippen LogP contribution in [0, 0.1) is 0 Å². The predicted octanol–water partition coefficient (Wildman–Crippen LogP) is 2.63. The summed E-state index contributed by atoms with van der Waals surface area (Å²) in [5.41, 5.74) is 0.810. The highest BCUT2D eigenvalue weighted by Crippen LogP contribution is 2.35. The van der Waals surface area contributed by atoms with Crippen molar-refractivity contribution in [1.29, 1.82) is 0 Å². The average molecular weight is 455 g/mol. The first-order valence-electron chi connectivity index (χ1n) is 9.56. The predicted molar refractivity (Wildman–Crippen MR) is 113 cm³/mol. The first kappa shape index (κ1) is 19.9. The third-order valence-corrected chi connectivity index (χ3v) is 6.09. The molecule has 11 heteroatoms. The minimum Gasteiger partial charge on any atom is -0.486 e. The summed E-state index contributed by atoms with van der Waals surface area (Å²) in [6.07, 6.45) is 2.65. The Morgan fingerprint density at radius 3 is 2.41 bits per heavy atom. The number of carbonyl (C=O) groups is 1. The Morgan fingerprint density at radius 2 is 1.53 bits per heavy atom. The first-order valence-corrected chi connectivity index (χ1v) is 11.0. The molecule has 0 atom stereocenters. The van der Waals surface area contributed by atoms with Crippen LogP contribution in [0.4, 0.5) is 11.4 Å². The van der Waals surface area contributed by atoms with Gasteiger partial charge in [0.15, 0.2) is 23.0 Å². The molecule has 2 aliphatic rings. The van der Waals surface area contributed by atoms with E-state index in [1.54, 1.807) is 18.2 Å². The highest BCUT2D eigenvalue weighted by molar-refractivity contribution is 7.92. The Morgan fingerprint density at radius 1 is 0.812 bits per heavy atom. The maximum Gasteiger partial charge on any atom is 0.262 e. The SMILES string of the molecule is O=C(Nc1ccc2c(c1)OCO2)c1cncc(NS(=O)(=O)c2ccc3c(c2)OCCO3)c1. The lowest BCUT2D eigenvalue weighted by Gasteiger charge is -2.19. The van der Waals surface area contributed by atoms with Crippen LogP contribution in [-0.2, 0) is 10.0 Å². The molecule has 0 aliphatic carbocycles. The van der Waals surface area contributed by atoms with Crippen LogP contribution in [-0.4, -0.2) is 39.3 Å². The summed E-state index contributed by atoms with van der Waals surface area (Å²) < 4.78 is 49.4. The first-order chi connectivity index (χ1) is 15.5. The van der Waals surface area contributed by atoms with Gasteiger partial charge in [-0.25, -0.2) is 8.42 Å². The fourth-order valence-electron chi connectivity index (χ4n) is 3.20. The number of rotatable bonds is 5. The van der Waals surface area contributed by atoms with Crippen molar-refractivity contribution < 1.29 is 32.2 Å². The van der Waals surface area contributed by atoms with Gasteiger partial charge in [0.25, 0.3) is 15.9 Å². The van der Waals surface area contributed by atoms with Gasteiger partial charge in [0.2, 0.25) is 6.79 Å². The Kier molecular flexibility index (Phi) is 4.94. The number of hydrogen-bond donors (Lipinski definition) is 2. The number of pyridine rings is 1. The van der Waals surface area contributed by atoms with E-state index in [1.165, 1.54) is 36.7 Å². The van der Waals surface area contributed by atoms with Crippen LogP contribution in [0.15, 0.2) is 59.8 Å². The number of fused-ring (bicyclic) bond motifs is 2. The van der Waals surface area contributed by atoms with Gasteiger partial charge in [0.05, 0.1) is 22.3 Å². The normalized spacial score (nSPS) is 14.0. The van der Waals surface area contributed by atoms with Crippen molar-refractivity contribution in [3.63, 3.8) is 0 Å². The minimum atomic E-state index is -3.94. The van der Waals surface area contributed by atoms with Gasteiger partial charge in [0, 0.05) is 24.0 Å². The molecule has 3 aromatic rings. The molecule has 2 aliphatic heterocycles. The zero-order chi connectivity index (χ0) is 22.1. The number of anilines is 2. The summed E-state index contributed by atoms with van der Waals surface area (Å²) in [5.74, 6) is 1.51. The molecule has 5 rings (SSSR count). The molecule has 0 saturated carbocycles. The van der Waals surface area contributed by atoms with Crippen molar-refractivity contribution in [3.8, 4) is 23.0 Å². The lowest BCUT2D eigenvalue weighted by Crippen LogP contribution is -2.18. The Labute approximate surface area is 183 Å². The molecule has 10 nitrogen and oxygen atoms in total. The molecule has 0 spiro atoms. The molecule has 0 unspecified atom stereocenters. The van der Waals surface area contributed by atoms with Crippen LogP contribution < -0.4 is 29.0 Å². The van der Waals surface area contributed by atoms with Gasteiger partial charge in [-0.15, -0.1) is 0 Å². The van der Waals surface area contributed by atoms with E-state index in [4.69, 9.17) is 18.9 Å². The van der Waals surface area contributed by atoms with Crippen LogP contribution in [0.5, 0.6) is 23.0 Å². The van der Waals surface area contributed by atoms with Gasteiger partial charge in [-0.05, 0) is 30.3 Å². The van der Waals surface area contributed by atoms with E-state index in [-0.39, 0.29) is 22.9 Å². The number of amides is 1. The largest absolute Gasteiger partial charge is 0.486 e. The van der Waals surface area contributed by atoms with E-state index in [0.717, 1.165) is 0 Å². The van der Waals surface area contributed by atoms with E-state index in [2.05, 4.69) is 15.0 Å². The zero-order valence-corrected chi connectivity index (χ0v) is 17.3. The summed E-state index contributed by atoms with van der Waals surface area (Å²) in [5, 5.41) is 2.72. The quantitative estimate of drug-likeness (QED) is 0.602. The fourth-order valence-corrected chi connectivity index (χ4v) is 4.25. The number of carbonyl (C=O) groups excluding carboxylic acids is 1. The molecule has 2 aromatic carbocycles. The molecule has 164 valence electrons. The van der Waals surface area contributed by atoms with Crippen LogP contribution in [0.2, 0.25) is 0 Å². The lowest BCUT2D eigenvalue weighted by molar-refractivity contribution is 0.102. The van der Waals surface area contributed by atoms with Crippen molar-refractivity contribution in [1.82, 2.24) is 4.98 Å². The number of hydrogen-bond acceptors (Lipinski definition) is 8. The highest BCUT2D eigenvalue weighted by Gasteiger charge is 2.20. The van der Waals surface area contributed by atoms with Crippen LogP contribution in [0.25, 0.3) is 0 Å². The second-order valence-electron chi connectivity index (χ2n) is 6.90. The molecule has 0 fully saturated rings. The van der Waals surface area contributed by atoms with E-state index >= 15 is 0 Å². The summed E-state index contributed by atoms with van der Waals surface area (Å²) in [6, 6.07) is 10.7. The van der Waals surface area contributed by atoms with Crippen molar-refractivity contribution >= 4 is 27.3 Å². The molecule has 2 N–H and O–H groups in total. The topological polar surface area (TPSA) is 125 Å². The van der Waals surface area contributed by atoms with E-state index in [9.17, 15) is 13.2 Å². The fraction of sp³-hybridized carbons (Fsp3) is 0.143. The average Bonchev–Trinajstić information content (AvgIpc) is 3.26. The zero-order valence-electron chi connectivity index (χ0n) is 16.5. The monoisotopic (exact) mass is 455 g/mol. The lowest BCUT2D eigenvalue weighted by atomic mass is 10.2.